The first kappa shape index (κ1) is 14.4. The molecular formula is C14H16F3N3. The van der Waals surface area contributed by atoms with Gasteiger partial charge in [-0.3, -0.25) is 4.98 Å². The fraction of sp³-hybridized carbons (Fsp3) is 0.357. The largest absolute Gasteiger partial charge is 0.397 e. The van der Waals surface area contributed by atoms with Crippen LogP contribution in [0.15, 0.2) is 30.5 Å². The Kier molecular flexibility index (Phi) is 4.32. The summed E-state index contributed by atoms with van der Waals surface area (Å²) in [5.41, 5.74) is 8.13. The van der Waals surface area contributed by atoms with E-state index in [1.54, 1.807) is 18.3 Å². The van der Waals surface area contributed by atoms with Crippen LogP contribution in [0.5, 0.6) is 0 Å². The average molecular weight is 283 g/mol. The van der Waals surface area contributed by atoms with E-state index in [2.05, 4.69) is 10.3 Å². The Balaban J connectivity index is 1.92. The van der Waals surface area contributed by atoms with Gasteiger partial charge in [0.15, 0.2) is 0 Å². The van der Waals surface area contributed by atoms with Crippen LogP contribution < -0.4 is 11.1 Å². The van der Waals surface area contributed by atoms with Gasteiger partial charge in [-0.1, -0.05) is 0 Å². The lowest BCUT2D eigenvalue weighted by atomic mass is 10.1. The lowest BCUT2D eigenvalue weighted by Crippen LogP contribution is -2.09. The monoisotopic (exact) mass is 283 g/mol. The number of halogens is 3. The van der Waals surface area contributed by atoms with Gasteiger partial charge in [-0.15, -0.1) is 0 Å². The van der Waals surface area contributed by atoms with Crippen LogP contribution in [0.25, 0.3) is 10.9 Å². The van der Waals surface area contributed by atoms with Gasteiger partial charge in [-0.05, 0) is 37.1 Å². The highest BCUT2D eigenvalue weighted by atomic mass is 19.4. The molecule has 6 heteroatoms. The molecule has 0 spiro atoms. The van der Waals surface area contributed by atoms with Crippen LogP contribution in [-0.2, 0) is 0 Å². The SMILES string of the molecule is Nc1c(NCCCCC(F)(F)F)ccc2ncccc12. The average Bonchev–Trinajstić information content (AvgIpc) is 2.40. The van der Waals surface area contributed by atoms with Crippen molar-refractivity contribution in [1.29, 1.82) is 0 Å². The van der Waals surface area contributed by atoms with E-state index in [1.165, 1.54) is 0 Å². The lowest BCUT2D eigenvalue weighted by Gasteiger charge is -2.11. The standard InChI is InChI=1S/C14H16F3N3/c15-14(16,17)7-1-2-8-20-12-6-5-11-10(13(12)18)4-3-9-19-11/h3-6,9,20H,1-2,7-8,18H2. The smallest absolute Gasteiger partial charge is 0.389 e. The van der Waals surface area contributed by atoms with Crippen molar-refractivity contribution in [2.75, 3.05) is 17.6 Å². The molecule has 0 aliphatic rings. The first-order chi connectivity index (χ1) is 9.47. The molecule has 0 aliphatic heterocycles. The minimum Gasteiger partial charge on any atom is -0.397 e. The summed E-state index contributed by atoms with van der Waals surface area (Å²) in [5, 5.41) is 3.91. The predicted octanol–water partition coefficient (Wildman–Crippen LogP) is 3.96. The minimum absolute atomic E-state index is 0.117. The Labute approximate surface area is 115 Å². The van der Waals surface area contributed by atoms with Crippen LogP contribution in [0, 0.1) is 0 Å². The summed E-state index contributed by atoms with van der Waals surface area (Å²) in [4.78, 5) is 4.19. The molecule has 108 valence electrons. The van der Waals surface area contributed by atoms with Crippen molar-refractivity contribution in [3.63, 3.8) is 0 Å². The van der Waals surface area contributed by atoms with E-state index < -0.39 is 12.6 Å². The Morgan fingerprint density at radius 2 is 1.95 bits per heavy atom. The maximum atomic E-state index is 12.0. The molecule has 0 bridgehead atoms. The van der Waals surface area contributed by atoms with E-state index in [0.717, 1.165) is 16.6 Å². The van der Waals surface area contributed by atoms with Crippen molar-refractivity contribution in [3.8, 4) is 0 Å². The van der Waals surface area contributed by atoms with Crippen LogP contribution in [-0.4, -0.2) is 17.7 Å². The summed E-state index contributed by atoms with van der Waals surface area (Å²) < 4.78 is 36.0. The van der Waals surface area contributed by atoms with E-state index in [1.807, 2.05) is 12.1 Å². The molecular weight excluding hydrogens is 267 g/mol. The summed E-state index contributed by atoms with van der Waals surface area (Å²) >= 11 is 0. The van der Waals surface area contributed by atoms with Crippen LogP contribution >= 0.6 is 0 Å². The van der Waals surface area contributed by atoms with Crippen LogP contribution in [0.2, 0.25) is 0 Å². The number of nitrogens with one attached hydrogen (secondary N) is 1. The number of nitrogen functional groups attached to an aromatic ring is 1. The number of benzene rings is 1. The fourth-order valence-electron chi connectivity index (χ4n) is 2.00. The van der Waals surface area contributed by atoms with E-state index in [4.69, 9.17) is 5.73 Å². The van der Waals surface area contributed by atoms with Gasteiger partial charge >= 0.3 is 6.18 Å². The molecule has 0 saturated carbocycles. The lowest BCUT2D eigenvalue weighted by molar-refractivity contribution is -0.135. The molecule has 2 rings (SSSR count). The third-order valence-corrected chi connectivity index (χ3v) is 3.03. The summed E-state index contributed by atoms with van der Waals surface area (Å²) in [7, 11) is 0. The first-order valence-corrected chi connectivity index (χ1v) is 6.41. The molecule has 0 unspecified atom stereocenters. The Morgan fingerprint density at radius 1 is 1.15 bits per heavy atom. The molecule has 0 fully saturated rings. The van der Waals surface area contributed by atoms with E-state index in [0.29, 0.717) is 18.7 Å². The van der Waals surface area contributed by atoms with Crippen molar-refractivity contribution >= 4 is 22.3 Å². The zero-order chi connectivity index (χ0) is 14.6. The number of hydrogen-bond acceptors (Lipinski definition) is 3. The fourth-order valence-corrected chi connectivity index (χ4v) is 2.00. The molecule has 0 aliphatic carbocycles. The van der Waals surface area contributed by atoms with Crippen molar-refractivity contribution in [1.82, 2.24) is 4.98 Å². The molecule has 1 aromatic heterocycles. The maximum Gasteiger partial charge on any atom is 0.389 e. The van der Waals surface area contributed by atoms with E-state index >= 15 is 0 Å². The third-order valence-electron chi connectivity index (χ3n) is 3.03. The molecule has 20 heavy (non-hydrogen) atoms. The van der Waals surface area contributed by atoms with Gasteiger partial charge in [0, 0.05) is 24.5 Å². The van der Waals surface area contributed by atoms with Crippen molar-refractivity contribution in [2.24, 2.45) is 0 Å². The number of nitrogens with two attached hydrogens (primary N) is 1. The molecule has 0 atom stereocenters. The van der Waals surface area contributed by atoms with Crippen LogP contribution in [0.4, 0.5) is 24.5 Å². The maximum absolute atomic E-state index is 12.0. The van der Waals surface area contributed by atoms with E-state index in [-0.39, 0.29) is 6.42 Å². The number of anilines is 2. The van der Waals surface area contributed by atoms with Gasteiger partial charge in [0.05, 0.1) is 16.9 Å². The van der Waals surface area contributed by atoms with Gasteiger partial charge in [-0.2, -0.15) is 13.2 Å². The van der Waals surface area contributed by atoms with Gasteiger partial charge in [-0.25, -0.2) is 0 Å². The van der Waals surface area contributed by atoms with Crippen molar-refractivity contribution in [3.05, 3.63) is 30.5 Å². The highest BCUT2D eigenvalue weighted by Gasteiger charge is 2.25. The molecule has 0 radical (unpaired) electrons. The number of fused-ring (bicyclic) bond motifs is 1. The number of nitrogens with zero attached hydrogens (tertiary/aromatic N) is 1. The molecule has 0 saturated heterocycles. The van der Waals surface area contributed by atoms with Gasteiger partial charge in [0.2, 0.25) is 0 Å². The second kappa shape index (κ2) is 5.98. The zero-order valence-corrected chi connectivity index (χ0v) is 10.9. The van der Waals surface area contributed by atoms with Crippen molar-refractivity contribution in [2.45, 2.75) is 25.4 Å². The Bertz CT molecular complexity index is 581. The number of pyridine rings is 1. The second-order valence-corrected chi connectivity index (χ2v) is 4.60. The van der Waals surface area contributed by atoms with Gasteiger partial charge < -0.3 is 11.1 Å². The molecule has 1 heterocycles. The van der Waals surface area contributed by atoms with E-state index in [9.17, 15) is 13.2 Å². The molecule has 3 N–H and O–H groups in total. The molecule has 3 nitrogen and oxygen atoms in total. The summed E-state index contributed by atoms with van der Waals surface area (Å²) in [6, 6.07) is 7.30. The Morgan fingerprint density at radius 3 is 2.70 bits per heavy atom. The zero-order valence-electron chi connectivity index (χ0n) is 10.9. The van der Waals surface area contributed by atoms with Crippen LogP contribution in [0.1, 0.15) is 19.3 Å². The van der Waals surface area contributed by atoms with Crippen molar-refractivity contribution < 1.29 is 13.2 Å². The number of unbranched alkanes of at least 4 members (excludes halogenated alkanes) is 1. The predicted molar refractivity (Wildman–Crippen MR) is 74.6 cm³/mol. The number of hydrogen-bond donors (Lipinski definition) is 2. The van der Waals surface area contributed by atoms with Crippen LogP contribution in [0.3, 0.4) is 0 Å². The normalized spacial score (nSPS) is 11.8. The summed E-state index contributed by atoms with van der Waals surface area (Å²) in [6.07, 6.45) is -2.57. The second-order valence-electron chi connectivity index (χ2n) is 4.60. The topological polar surface area (TPSA) is 50.9 Å². The quantitative estimate of drug-likeness (QED) is 0.645. The molecule has 0 amide bonds. The Hall–Kier alpha value is -1.98. The number of alkyl halides is 3. The minimum atomic E-state index is -4.08. The highest BCUT2D eigenvalue weighted by molar-refractivity contribution is 5.96. The third kappa shape index (κ3) is 3.76. The summed E-state index contributed by atoms with van der Waals surface area (Å²) in [6.45, 7) is 0.464. The molecule has 1 aromatic carbocycles. The highest BCUT2D eigenvalue weighted by Crippen LogP contribution is 2.27. The summed E-state index contributed by atoms with van der Waals surface area (Å²) in [5.74, 6) is 0. The first-order valence-electron chi connectivity index (χ1n) is 6.41. The molecule has 2 aromatic rings. The number of rotatable bonds is 5. The number of aromatic nitrogens is 1. The van der Waals surface area contributed by atoms with Gasteiger partial charge in [0.1, 0.15) is 0 Å². The van der Waals surface area contributed by atoms with Gasteiger partial charge in [0.25, 0.3) is 0 Å².